The molecule has 202 valence electrons. The van der Waals surface area contributed by atoms with Gasteiger partial charge in [0.25, 0.3) is 0 Å². The predicted octanol–water partition coefficient (Wildman–Crippen LogP) is 6.28. The van der Waals surface area contributed by atoms with Gasteiger partial charge in [0.1, 0.15) is 5.76 Å². The van der Waals surface area contributed by atoms with E-state index in [1.807, 2.05) is 0 Å². The molecule has 2 atom stereocenters. The Balaban J connectivity index is 2.66. The summed E-state index contributed by atoms with van der Waals surface area (Å²) in [6.45, 7) is 16.0. The Morgan fingerprint density at radius 1 is 1.09 bits per heavy atom. The molecule has 5 heteroatoms. The number of hydrogen-bond acceptors (Lipinski definition) is 4. The molecule has 0 N–H and O–H groups in total. The van der Waals surface area contributed by atoms with E-state index >= 15 is 0 Å². The summed E-state index contributed by atoms with van der Waals surface area (Å²) in [5.41, 5.74) is 1.25. The lowest BCUT2D eigenvalue weighted by Gasteiger charge is -2.31. The largest absolute Gasteiger partial charge is 0.494 e. The van der Waals surface area contributed by atoms with Crippen LogP contribution in [0.4, 0.5) is 0 Å². The minimum absolute atomic E-state index is 0.284. The quantitative estimate of drug-likeness (QED) is 0.168. The summed E-state index contributed by atoms with van der Waals surface area (Å²) < 4.78 is 6.04. The standard InChI is InChI=1S/C30H55N3O2/c1-8-11-21-33(22-15-20-31(6)7)30(34)25-32(10-3)27(5)18-19-28-16-13-14-17-29(26(4)24-28)35-23-12-9-2/h13,16-17,24,27-28H,8-12,14-15,18-23,25H2,1-7H3/b16-13+,26-24-,29-17+/t27-,28?/m0/s1. The van der Waals surface area contributed by atoms with Crippen molar-refractivity contribution in [1.29, 1.82) is 0 Å². The summed E-state index contributed by atoms with van der Waals surface area (Å²) in [5, 5.41) is 0. The van der Waals surface area contributed by atoms with Crippen LogP contribution in [0.1, 0.15) is 86.0 Å². The van der Waals surface area contributed by atoms with E-state index in [9.17, 15) is 4.79 Å². The molecule has 0 saturated heterocycles. The van der Waals surface area contributed by atoms with Crippen molar-refractivity contribution in [2.45, 2.75) is 92.0 Å². The molecule has 0 bridgehead atoms. The molecule has 0 aromatic carbocycles. The van der Waals surface area contributed by atoms with E-state index < -0.39 is 0 Å². The van der Waals surface area contributed by atoms with Crippen molar-refractivity contribution in [3.63, 3.8) is 0 Å². The Labute approximate surface area is 217 Å². The molecular weight excluding hydrogens is 434 g/mol. The van der Waals surface area contributed by atoms with Crippen molar-refractivity contribution in [3.05, 3.63) is 35.6 Å². The van der Waals surface area contributed by atoms with Gasteiger partial charge in [-0.2, -0.15) is 0 Å². The summed E-state index contributed by atoms with van der Waals surface area (Å²) >= 11 is 0. The molecule has 0 aliphatic heterocycles. The van der Waals surface area contributed by atoms with Crippen molar-refractivity contribution >= 4 is 5.91 Å². The zero-order valence-corrected chi connectivity index (χ0v) is 24.0. The van der Waals surface area contributed by atoms with Gasteiger partial charge in [-0.05, 0) is 97.1 Å². The third-order valence-electron chi connectivity index (χ3n) is 6.88. The molecular formula is C30H55N3O2. The number of amides is 1. The van der Waals surface area contributed by atoms with Crippen LogP contribution >= 0.6 is 0 Å². The van der Waals surface area contributed by atoms with Crippen LogP contribution in [0.2, 0.25) is 0 Å². The lowest BCUT2D eigenvalue weighted by molar-refractivity contribution is -0.133. The number of hydrogen-bond donors (Lipinski definition) is 0. The lowest BCUT2D eigenvalue weighted by Crippen LogP contribution is -2.44. The molecule has 0 heterocycles. The molecule has 1 amide bonds. The van der Waals surface area contributed by atoms with Gasteiger partial charge in [0.15, 0.2) is 0 Å². The number of nitrogens with zero attached hydrogens (tertiary/aromatic N) is 3. The highest BCUT2D eigenvalue weighted by Gasteiger charge is 2.21. The van der Waals surface area contributed by atoms with Crippen molar-refractivity contribution in [2.75, 3.05) is 53.4 Å². The van der Waals surface area contributed by atoms with Crippen LogP contribution in [0.15, 0.2) is 35.6 Å². The van der Waals surface area contributed by atoms with Crippen LogP contribution < -0.4 is 0 Å². The van der Waals surface area contributed by atoms with Crippen LogP contribution in [0.3, 0.4) is 0 Å². The molecule has 1 aliphatic carbocycles. The van der Waals surface area contributed by atoms with Gasteiger partial charge >= 0.3 is 0 Å². The molecule has 0 saturated carbocycles. The summed E-state index contributed by atoms with van der Waals surface area (Å²) in [7, 11) is 4.19. The third kappa shape index (κ3) is 13.3. The number of carbonyl (C=O) groups excluding carboxylic acids is 1. The second kappa shape index (κ2) is 18.6. The SMILES string of the molecule is CCCCOC1=C/C/C=C/C(CC[C@H](C)N(CC)CC(=O)N(CCCC)CCCN(C)C)/C=C\1C. The van der Waals surface area contributed by atoms with Crippen molar-refractivity contribution in [1.82, 2.24) is 14.7 Å². The highest BCUT2D eigenvalue weighted by Crippen LogP contribution is 2.23. The molecule has 1 unspecified atom stereocenters. The third-order valence-corrected chi connectivity index (χ3v) is 6.88. The van der Waals surface area contributed by atoms with Gasteiger partial charge < -0.3 is 14.5 Å². The Hall–Kier alpha value is -1.59. The minimum Gasteiger partial charge on any atom is -0.494 e. The Morgan fingerprint density at radius 3 is 2.46 bits per heavy atom. The van der Waals surface area contributed by atoms with E-state index in [0.29, 0.717) is 18.5 Å². The minimum atomic E-state index is 0.284. The summed E-state index contributed by atoms with van der Waals surface area (Å²) in [6.07, 6.45) is 17.7. The molecule has 5 nitrogen and oxygen atoms in total. The van der Waals surface area contributed by atoms with E-state index in [0.717, 1.165) is 89.9 Å². The molecule has 1 aliphatic rings. The molecule has 0 aromatic heterocycles. The van der Waals surface area contributed by atoms with Gasteiger partial charge in [0, 0.05) is 19.1 Å². The van der Waals surface area contributed by atoms with E-state index in [2.05, 4.69) is 87.7 Å². The Bertz CT molecular complexity index is 669. The van der Waals surface area contributed by atoms with Crippen LogP contribution in [0, 0.1) is 5.92 Å². The average molecular weight is 490 g/mol. The maximum Gasteiger partial charge on any atom is 0.236 e. The van der Waals surface area contributed by atoms with Crippen LogP contribution in [0.5, 0.6) is 0 Å². The fourth-order valence-corrected chi connectivity index (χ4v) is 4.48. The first-order chi connectivity index (χ1) is 16.8. The Kier molecular flexibility index (Phi) is 16.8. The second-order valence-corrected chi connectivity index (χ2v) is 10.3. The summed E-state index contributed by atoms with van der Waals surface area (Å²) in [6, 6.07) is 0.377. The van der Waals surface area contributed by atoms with Crippen LogP contribution in [0.25, 0.3) is 0 Å². The topological polar surface area (TPSA) is 36.0 Å². The van der Waals surface area contributed by atoms with E-state index in [4.69, 9.17) is 4.74 Å². The van der Waals surface area contributed by atoms with Crippen LogP contribution in [-0.2, 0) is 9.53 Å². The highest BCUT2D eigenvalue weighted by molar-refractivity contribution is 5.78. The number of likely N-dealkylation sites (N-methyl/N-ethyl adjacent to an activating group) is 1. The molecule has 1 rings (SSSR count). The summed E-state index contributed by atoms with van der Waals surface area (Å²) in [5.74, 6) is 1.74. The fourth-order valence-electron chi connectivity index (χ4n) is 4.48. The summed E-state index contributed by atoms with van der Waals surface area (Å²) in [4.78, 5) is 19.9. The van der Waals surface area contributed by atoms with Gasteiger partial charge in [-0.25, -0.2) is 0 Å². The fraction of sp³-hybridized carbons (Fsp3) is 0.767. The number of rotatable bonds is 18. The van der Waals surface area contributed by atoms with Gasteiger partial charge in [-0.3, -0.25) is 9.69 Å². The molecule has 0 fully saturated rings. The van der Waals surface area contributed by atoms with E-state index in [-0.39, 0.29) is 5.91 Å². The molecule has 35 heavy (non-hydrogen) atoms. The maximum atomic E-state index is 13.2. The van der Waals surface area contributed by atoms with Crippen molar-refractivity contribution < 1.29 is 9.53 Å². The molecule has 0 radical (unpaired) electrons. The zero-order chi connectivity index (χ0) is 26.1. The van der Waals surface area contributed by atoms with Gasteiger partial charge in [-0.1, -0.05) is 51.8 Å². The van der Waals surface area contributed by atoms with Gasteiger partial charge in [0.2, 0.25) is 5.91 Å². The van der Waals surface area contributed by atoms with Crippen molar-refractivity contribution in [3.8, 4) is 0 Å². The molecule has 0 aromatic rings. The first-order valence-corrected chi connectivity index (χ1v) is 14.2. The zero-order valence-electron chi connectivity index (χ0n) is 24.0. The number of carbonyl (C=O) groups is 1. The normalized spacial score (nSPS) is 21.0. The monoisotopic (exact) mass is 489 g/mol. The maximum absolute atomic E-state index is 13.2. The van der Waals surface area contributed by atoms with Crippen molar-refractivity contribution in [2.24, 2.45) is 5.92 Å². The predicted molar refractivity (Wildman–Crippen MR) is 151 cm³/mol. The molecule has 0 spiro atoms. The number of allylic oxidation sites excluding steroid dienone is 5. The number of ether oxygens (including phenoxy) is 1. The van der Waals surface area contributed by atoms with E-state index in [1.165, 1.54) is 5.57 Å². The van der Waals surface area contributed by atoms with Gasteiger partial charge in [0.05, 0.1) is 13.2 Å². The second-order valence-electron chi connectivity index (χ2n) is 10.3. The first kappa shape index (κ1) is 31.4. The first-order valence-electron chi connectivity index (χ1n) is 14.2. The van der Waals surface area contributed by atoms with E-state index in [1.54, 1.807) is 0 Å². The Morgan fingerprint density at radius 2 is 1.80 bits per heavy atom. The number of unbranched alkanes of at least 4 members (excludes halogenated alkanes) is 2. The smallest absolute Gasteiger partial charge is 0.236 e. The van der Waals surface area contributed by atoms with Crippen LogP contribution in [-0.4, -0.2) is 80.1 Å². The average Bonchev–Trinajstić information content (AvgIpc) is 2.82. The van der Waals surface area contributed by atoms with Gasteiger partial charge in [-0.15, -0.1) is 0 Å². The lowest BCUT2D eigenvalue weighted by atomic mass is 9.94. The highest BCUT2D eigenvalue weighted by atomic mass is 16.5.